The van der Waals surface area contributed by atoms with Crippen LogP contribution in [0.15, 0.2) is 54.9 Å². The van der Waals surface area contributed by atoms with Crippen LogP contribution in [0.2, 0.25) is 0 Å². The molecule has 148 valence electrons. The second kappa shape index (κ2) is 7.71. The number of aryl methyl sites for hydroxylation is 1. The van der Waals surface area contributed by atoms with E-state index >= 15 is 0 Å². The van der Waals surface area contributed by atoms with Crippen molar-refractivity contribution in [1.82, 2.24) is 14.8 Å². The van der Waals surface area contributed by atoms with Crippen LogP contribution in [0.4, 0.5) is 11.4 Å². The van der Waals surface area contributed by atoms with E-state index in [4.69, 9.17) is 14.2 Å². The third-order valence-corrected chi connectivity index (χ3v) is 4.78. The van der Waals surface area contributed by atoms with Crippen molar-refractivity contribution in [2.45, 2.75) is 0 Å². The lowest BCUT2D eigenvalue weighted by Crippen LogP contribution is -1.98. The van der Waals surface area contributed by atoms with Crippen LogP contribution in [0.5, 0.6) is 17.2 Å². The number of rotatable bonds is 6. The summed E-state index contributed by atoms with van der Waals surface area (Å²) in [5.41, 5.74) is 4.60. The van der Waals surface area contributed by atoms with Gasteiger partial charge in [0.1, 0.15) is 5.75 Å². The maximum absolute atomic E-state index is 5.51. The van der Waals surface area contributed by atoms with Gasteiger partial charge in [0.2, 0.25) is 0 Å². The van der Waals surface area contributed by atoms with E-state index in [2.05, 4.69) is 21.5 Å². The summed E-state index contributed by atoms with van der Waals surface area (Å²) in [7, 11) is 6.81. The summed E-state index contributed by atoms with van der Waals surface area (Å²) in [6.45, 7) is 0. The molecule has 29 heavy (non-hydrogen) atoms. The van der Waals surface area contributed by atoms with Gasteiger partial charge in [-0.3, -0.25) is 9.67 Å². The van der Waals surface area contributed by atoms with Gasteiger partial charge in [-0.1, -0.05) is 0 Å². The summed E-state index contributed by atoms with van der Waals surface area (Å²) in [4.78, 5) is 4.46. The molecule has 0 aliphatic heterocycles. The van der Waals surface area contributed by atoms with Gasteiger partial charge in [0, 0.05) is 53.9 Å². The Kier molecular flexibility index (Phi) is 4.95. The zero-order chi connectivity index (χ0) is 20.4. The number of hydrogen-bond acceptors (Lipinski definition) is 6. The molecule has 0 bridgehead atoms. The minimum atomic E-state index is 0.643. The molecule has 2 aromatic carbocycles. The Bertz CT molecular complexity index is 1170. The molecule has 2 aromatic heterocycles. The molecule has 0 spiro atoms. The molecule has 1 N–H and O–H groups in total. The Hall–Kier alpha value is -3.74. The zero-order valence-corrected chi connectivity index (χ0v) is 16.8. The third kappa shape index (κ3) is 3.54. The van der Waals surface area contributed by atoms with Crippen LogP contribution in [-0.2, 0) is 7.05 Å². The molecule has 0 atom stereocenters. The van der Waals surface area contributed by atoms with Gasteiger partial charge in [-0.15, -0.1) is 0 Å². The molecular formula is C22H22N4O3. The van der Waals surface area contributed by atoms with Gasteiger partial charge in [0.05, 0.1) is 32.5 Å². The van der Waals surface area contributed by atoms with E-state index in [0.717, 1.165) is 39.3 Å². The van der Waals surface area contributed by atoms with Crippen LogP contribution in [0.3, 0.4) is 0 Å². The van der Waals surface area contributed by atoms with Crippen LogP contribution in [-0.4, -0.2) is 36.1 Å². The van der Waals surface area contributed by atoms with Crippen LogP contribution in [0, 0.1) is 0 Å². The number of anilines is 2. The van der Waals surface area contributed by atoms with E-state index in [9.17, 15) is 0 Å². The van der Waals surface area contributed by atoms with Crippen molar-refractivity contribution in [3.63, 3.8) is 0 Å². The molecule has 0 unspecified atom stereocenters. The number of nitrogens with one attached hydrogen (secondary N) is 1. The van der Waals surface area contributed by atoms with Crippen molar-refractivity contribution >= 4 is 22.3 Å². The summed E-state index contributed by atoms with van der Waals surface area (Å²) in [5.74, 6) is 2.05. The fraction of sp³-hybridized carbons (Fsp3) is 0.182. The molecule has 4 aromatic rings. The Morgan fingerprint density at radius 2 is 1.66 bits per heavy atom. The van der Waals surface area contributed by atoms with E-state index in [1.807, 2.05) is 48.1 Å². The molecule has 7 nitrogen and oxygen atoms in total. The lowest BCUT2D eigenvalue weighted by molar-refractivity contribution is 0.356. The summed E-state index contributed by atoms with van der Waals surface area (Å²) < 4.78 is 18.2. The van der Waals surface area contributed by atoms with Crippen molar-refractivity contribution in [2.75, 3.05) is 26.6 Å². The molecule has 0 saturated carbocycles. The molecule has 0 saturated heterocycles. The molecule has 0 radical (unpaired) electrons. The SMILES string of the molecule is COc1cc(Nc2ccnc3cc(OC)c(OC)cc23)cc(-c2ccnn2C)c1. The molecule has 2 heterocycles. The molecular weight excluding hydrogens is 368 g/mol. The average Bonchev–Trinajstić information content (AvgIpc) is 3.18. The Labute approximate surface area is 168 Å². The van der Waals surface area contributed by atoms with Gasteiger partial charge in [-0.25, -0.2) is 0 Å². The highest BCUT2D eigenvalue weighted by Crippen LogP contribution is 2.36. The van der Waals surface area contributed by atoms with E-state index in [0.29, 0.717) is 11.5 Å². The molecule has 7 heteroatoms. The van der Waals surface area contributed by atoms with Gasteiger partial charge in [0.25, 0.3) is 0 Å². The number of hydrogen-bond donors (Lipinski definition) is 1. The van der Waals surface area contributed by atoms with Gasteiger partial charge in [-0.05, 0) is 30.3 Å². The molecule has 0 aliphatic rings. The number of pyridine rings is 1. The van der Waals surface area contributed by atoms with Crippen molar-refractivity contribution < 1.29 is 14.2 Å². The minimum Gasteiger partial charge on any atom is -0.497 e. The maximum Gasteiger partial charge on any atom is 0.162 e. The normalized spacial score (nSPS) is 10.8. The number of fused-ring (bicyclic) bond motifs is 1. The summed E-state index contributed by atoms with van der Waals surface area (Å²) >= 11 is 0. The van der Waals surface area contributed by atoms with Crippen LogP contribution >= 0.6 is 0 Å². The van der Waals surface area contributed by atoms with E-state index in [1.165, 1.54) is 0 Å². The first-order valence-corrected chi connectivity index (χ1v) is 9.08. The third-order valence-electron chi connectivity index (χ3n) is 4.78. The maximum atomic E-state index is 5.51. The number of ether oxygens (including phenoxy) is 3. The lowest BCUT2D eigenvalue weighted by Gasteiger charge is -2.14. The Morgan fingerprint density at radius 1 is 0.862 bits per heavy atom. The summed E-state index contributed by atoms with van der Waals surface area (Å²) in [6.07, 6.45) is 3.54. The highest BCUT2D eigenvalue weighted by atomic mass is 16.5. The number of methoxy groups -OCH3 is 3. The highest BCUT2D eigenvalue weighted by Gasteiger charge is 2.12. The van der Waals surface area contributed by atoms with Gasteiger partial charge in [0.15, 0.2) is 11.5 Å². The molecule has 4 rings (SSSR count). The highest BCUT2D eigenvalue weighted by molar-refractivity contribution is 5.95. The zero-order valence-electron chi connectivity index (χ0n) is 16.8. The first-order chi connectivity index (χ1) is 14.1. The fourth-order valence-electron chi connectivity index (χ4n) is 3.33. The molecule has 0 amide bonds. The van der Waals surface area contributed by atoms with E-state index in [1.54, 1.807) is 33.7 Å². The fourth-order valence-corrected chi connectivity index (χ4v) is 3.33. The largest absolute Gasteiger partial charge is 0.497 e. The van der Waals surface area contributed by atoms with E-state index in [-0.39, 0.29) is 0 Å². The predicted octanol–water partition coefficient (Wildman–Crippen LogP) is 4.40. The van der Waals surface area contributed by atoms with Crippen LogP contribution in [0.1, 0.15) is 0 Å². The summed E-state index contributed by atoms with van der Waals surface area (Å²) in [5, 5.41) is 8.67. The first-order valence-electron chi connectivity index (χ1n) is 9.08. The van der Waals surface area contributed by atoms with Gasteiger partial charge in [-0.2, -0.15) is 5.10 Å². The molecule has 0 fully saturated rings. The van der Waals surface area contributed by atoms with Gasteiger partial charge < -0.3 is 19.5 Å². The lowest BCUT2D eigenvalue weighted by atomic mass is 10.1. The first kappa shape index (κ1) is 18.6. The summed E-state index contributed by atoms with van der Waals surface area (Å²) in [6, 6.07) is 13.7. The second-order valence-electron chi connectivity index (χ2n) is 6.50. The topological polar surface area (TPSA) is 70.4 Å². The number of aromatic nitrogens is 3. The van der Waals surface area contributed by atoms with Crippen molar-refractivity contribution in [3.8, 4) is 28.5 Å². The standard InChI is InChI=1S/C22H22N4O3/c1-26-20(6-8-24-26)14-9-15(11-16(10-14)27-2)25-18-5-7-23-19-13-22(29-4)21(28-3)12-17(18)19/h5-13H,1-4H3,(H,23,25). The van der Waals surface area contributed by atoms with Crippen molar-refractivity contribution in [3.05, 3.63) is 54.9 Å². The minimum absolute atomic E-state index is 0.643. The smallest absolute Gasteiger partial charge is 0.162 e. The second-order valence-corrected chi connectivity index (χ2v) is 6.50. The van der Waals surface area contributed by atoms with Crippen LogP contribution in [0.25, 0.3) is 22.2 Å². The van der Waals surface area contributed by atoms with Crippen molar-refractivity contribution in [1.29, 1.82) is 0 Å². The quantitative estimate of drug-likeness (QED) is 0.526. The predicted molar refractivity (Wildman–Crippen MR) is 113 cm³/mol. The molecule has 0 aliphatic carbocycles. The van der Waals surface area contributed by atoms with Crippen LogP contribution < -0.4 is 19.5 Å². The number of benzene rings is 2. The monoisotopic (exact) mass is 390 g/mol. The average molecular weight is 390 g/mol. The van der Waals surface area contributed by atoms with E-state index < -0.39 is 0 Å². The Balaban J connectivity index is 1.79. The Morgan fingerprint density at radius 3 is 2.34 bits per heavy atom. The van der Waals surface area contributed by atoms with Crippen molar-refractivity contribution in [2.24, 2.45) is 7.05 Å². The van der Waals surface area contributed by atoms with Gasteiger partial charge >= 0.3 is 0 Å². The number of nitrogens with zero attached hydrogens (tertiary/aromatic N) is 3.